The highest BCUT2D eigenvalue weighted by Crippen LogP contribution is 2.49. The van der Waals surface area contributed by atoms with Crippen molar-refractivity contribution in [2.24, 2.45) is 0 Å². The van der Waals surface area contributed by atoms with Crippen LogP contribution in [0.5, 0.6) is 0 Å². The summed E-state index contributed by atoms with van der Waals surface area (Å²) in [5.74, 6) is 0.816. The van der Waals surface area contributed by atoms with E-state index in [0.29, 0.717) is 11.8 Å². The molecule has 0 radical (unpaired) electrons. The number of rotatable bonds is 4. The summed E-state index contributed by atoms with van der Waals surface area (Å²) in [4.78, 5) is 19.6. The molecule has 6 rings (SSSR count). The van der Waals surface area contributed by atoms with E-state index in [1.165, 1.54) is 50.5 Å². The van der Waals surface area contributed by atoms with Gasteiger partial charge in [0.05, 0.1) is 24.1 Å². The largest absolute Gasteiger partial charge is 0.467 e. The van der Waals surface area contributed by atoms with E-state index in [4.69, 9.17) is 9.40 Å². The van der Waals surface area contributed by atoms with Crippen molar-refractivity contribution in [3.05, 3.63) is 69.9 Å². The van der Waals surface area contributed by atoms with E-state index >= 15 is 0 Å². The van der Waals surface area contributed by atoms with Gasteiger partial charge in [0, 0.05) is 16.2 Å². The summed E-state index contributed by atoms with van der Waals surface area (Å²) in [5.41, 5.74) is 4.52. The maximum atomic E-state index is 14.3. The van der Waals surface area contributed by atoms with Crippen LogP contribution >= 0.6 is 11.8 Å². The third kappa shape index (κ3) is 3.45. The van der Waals surface area contributed by atoms with Crippen LogP contribution in [0.2, 0.25) is 0 Å². The topological polar surface area (TPSA) is 48.0 Å². The van der Waals surface area contributed by atoms with E-state index in [9.17, 15) is 4.79 Å². The lowest BCUT2D eigenvalue weighted by Crippen LogP contribution is -2.43. The number of benzene rings is 1. The van der Waals surface area contributed by atoms with Crippen LogP contribution in [-0.4, -0.2) is 14.8 Å². The van der Waals surface area contributed by atoms with Crippen molar-refractivity contribution in [2.75, 3.05) is 0 Å². The Bertz CT molecular complexity index is 1170. The Morgan fingerprint density at radius 1 is 1.03 bits per heavy atom. The Morgan fingerprint density at radius 2 is 1.84 bits per heavy atom. The van der Waals surface area contributed by atoms with Gasteiger partial charge in [-0.1, -0.05) is 68.1 Å². The van der Waals surface area contributed by atoms with Gasteiger partial charge in [-0.2, -0.15) is 0 Å². The second kappa shape index (κ2) is 8.26. The van der Waals surface area contributed by atoms with Crippen LogP contribution in [0.25, 0.3) is 11.3 Å². The first kappa shape index (κ1) is 20.3. The predicted molar refractivity (Wildman–Crippen MR) is 128 cm³/mol. The van der Waals surface area contributed by atoms with Gasteiger partial charge < -0.3 is 4.42 Å². The Morgan fingerprint density at radius 3 is 2.62 bits per heavy atom. The molecule has 1 aromatic carbocycles. The summed E-state index contributed by atoms with van der Waals surface area (Å²) >= 11 is 1.81. The van der Waals surface area contributed by atoms with Crippen molar-refractivity contribution in [3.63, 3.8) is 0 Å². The van der Waals surface area contributed by atoms with Crippen LogP contribution in [-0.2, 0) is 18.4 Å². The van der Waals surface area contributed by atoms with Crippen molar-refractivity contribution >= 4 is 11.8 Å². The second-order valence-corrected chi connectivity index (χ2v) is 11.1. The lowest BCUT2D eigenvalue weighted by Gasteiger charge is -2.42. The zero-order valence-electron chi connectivity index (χ0n) is 18.5. The summed E-state index contributed by atoms with van der Waals surface area (Å²) < 4.78 is 7.58. The molecule has 0 amide bonds. The molecule has 0 N–H and O–H groups in total. The number of furan rings is 1. The summed E-state index contributed by atoms with van der Waals surface area (Å²) in [5, 5.41) is 1.41. The van der Waals surface area contributed by atoms with E-state index in [-0.39, 0.29) is 11.0 Å². The maximum absolute atomic E-state index is 14.3. The van der Waals surface area contributed by atoms with Crippen LogP contribution < -0.4 is 5.56 Å². The van der Waals surface area contributed by atoms with Crippen LogP contribution in [0.4, 0.5) is 0 Å². The van der Waals surface area contributed by atoms with E-state index in [1.807, 2.05) is 16.7 Å². The average Bonchev–Trinajstić information content (AvgIpc) is 3.51. The van der Waals surface area contributed by atoms with Gasteiger partial charge in [-0.25, -0.2) is 4.98 Å². The van der Waals surface area contributed by atoms with Crippen LogP contribution in [0.3, 0.4) is 0 Å². The van der Waals surface area contributed by atoms with E-state index < -0.39 is 0 Å². The first-order valence-electron chi connectivity index (χ1n) is 12.2. The molecule has 32 heavy (non-hydrogen) atoms. The molecule has 2 fully saturated rings. The van der Waals surface area contributed by atoms with Gasteiger partial charge in [-0.3, -0.25) is 9.36 Å². The standard InChI is InChI=1S/C27H30N2O2S/c30-25-23-24(22-13-5-2-9-19(22)17-27(23)14-6-1-7-15-27)28-26(32-21-11-3-4-12-21)29(25)18-20-10-8-16-31-20/h2,5,8-10,13,16,21H,1,3-4,6-7,11-12,14-15,17-18H2. The predicted octanol–water partition coefficient (Wildman–Crippen LogP) is 6.34. The molecule has 1 spiro atoms. The third-order valence-electron chi connectivity index (χ3n) is 7.74. The van der Waals surface area contributed by atoms with Crippen molar-refractivity contribution in [2.45, 2.75) is 86.6 Å². The fraction of sp³-hybridized carbons (Fsp3) is 0.481. The first-order valence-corrected chi connectivity index (χ1v) is 13.0. The van der Waals surface area contributed by atoms with Gasteiger partial charge in [-0.15, -0.1) is 0 Å². The number of hydrogen-bond donors (Lipinski definition) is 0. The lowest BCUT2D eigenvalue weighted by atomic mass is 9.62. The van der Waals surface area contributed by atoms with Crippen molar-refractivity contribution in [1.82, 2.24) is 9.55 Å². The minimum Gasteiger partial charge on any atom is -0.467 e. The highest BCUT2D eigenvalue weighted by molar-refractivity contribution is 7.99. The molecular formula is C27H30N2O2S. The zero-order chi connectivity index (χ0) is 21.5. The maximum Gasteiger partial charge on any atom is 0.258 e. The van der Waals surface area contributed by atoms with Crippen molar-refractivity contribution in [3.8, 4) is 11.3 Å². The smallest absolute Gasteiger partial charge is 0.258 e. The molecule has 166 valence electrons. The second-order valence-electron chi connectivity index (χ2n) is 9.79. The fourth-order valence-corrected chi connectivity index (χ4v) is 7.45. The van der Waals surface area contributed by atoms with E-state index in [1.54, 1.807) is 18.0 Å². The van der Waals surface area contributed by atoms with Crippen LogP contribution in [0.1, 0.15) is 74.7 Å². The highest BCUT2D eigenvalue weighted by atomic mass is 32.2. The molecule has 0 unspecified atom stereocenters. The Balaban J connectivity index is 1.57. The molecule has 2 saturated carbocycles. The van der Waals surface area contributed by atoms with E-state index in [0.717, 1.165) is 47.0 Å². The number of thioether (sulfide) groups is 1. The monoisotopic (exact) mass is 446 g/mol. The number of aromatic nitrogens is 2. The molecule has 4 nitrogen and oxygen atoms in total. The normalized spacial score (nSPS) is 19.8. The molecule has 0 atom stereocenters. The molecule has 0 bridgehead atoms. The average molecular weight is 447 g/mol. The third-order valence-corrected chi connectivity index (χ3v) is 9.07. The highest BCUT2D eigenvalue weighted by Gasteiger charge is 2.43. The first-order chi connectivity index (χ1) is 15.7. The number of fused-ring (bicyclic) bond motifs is 4. The lowest BCUT2D eigenvalue weighted by molar-refractivity contribution is 0.282. The molecule has 2 aromatic heterocycles. The van der Waals surface area contributed by atoms with Crippen molar-refractivity contribution in [1.29, 1.82) is 0 Å². The summed E-state index contributed by atoms with van der Waals surface area (Å²) in [6.07, 6.45) is 13.4. The van der Waals surface area contributed by atoms with Gasteiger partial charge in [0.25, 0.3) is 5.56 Å². The quantitative estimate of drug-likeness (QED) is 0.439. The van der Waals surface area contributed by atoms with Gasteiger partial charge in [-0.05, 0) is 49.8 Å². The summed E-state index contributed by atoms with van der Waals surface area (Å²) in [7, 11) is 0. The zero-order valence-corrected chi connectivity index (χ0v) is 19.3. The van der Waals surface area contributed by atoms with Crippen LogP contribution in [0, 0.1) is 0 Å². The van der Waals surface area contributed by atoms with Gasteiger partial charge in [0.15, 0.2) is 5.16 Å². The Kier molecular flexibility index (Phi) is 5.25. The van der Waals surface area contributed by atoms with Gasteiger partial charge in [0.1, 0.15) is 5.76 Å². The molecule has 3 aliphatic carbocycles. The summed E-state index contributed by atoms with van der Waals surface area (Å²) in [6.45, 7) is 0.457. The minimum absolute atomic E-state index is 0.0759. The minimum atomic E-state index is -0.0759. The summed E-state index contributed by atoms with van der Waals surface area (Å²) in [6, 6.07) is 12.5. The Hall–Kier alpha value is -2.27. The van der Waals surface area contributed by atoms with E-state index in [2.05, 4.69) is 24.3 Å². The molecule has 5 heteroatoms. The van der Waals surface area contributed by atoms with Gasteiger partial charge >= 0.3 is 0 Å². The fourth-order valence-electron chi connectivity index (χ4n) is 6.16. The van der Waals surface area contributed by atoms with Crippen molar-refractivity contribution < 1.29 is 4.42 Å². The van der Waals surface area contributed by atoms with Crippen LogP contribution in [0.15, 0.2) is 57.0 Å². The molecule has 3 aliphatic rings. The molecule has 0 saturated heterocycles. The SMILES string of the molecule is O=c1c2c(nc(SC3CCCC3)n1Cc1ccco1)-c1ccccc1CC21CCCCC1. The number of hydrogen-bond acceptors (Lipinski definition) is 4. The molecule has 0 aliphatic heterocycles. The molecule has 2 heterocycles. The number of nitrogens with zero attached hydrogens (tertiary/aromatic N) is 2. The molecular weight excluding hydrogens is 416 g/mol. The Labute approximate surface area is 193 Å². The molecule has 3 aromatic rings. The van der Waals surface area contributed by atoms with Gasteiger partial charge in [0.2, 0.25) is 0 Å².